The predicted octanol–water partition coefficient (Wildman–Crippen LogP) is 1.82. The van der Waals surface area contributed by atoms with Crippen LogP contribution in [0.15, 0.2) is 57.5 Å². The number of likely N-dealkylation sites (N-methyl/N-ethyl adjacent to an activating group) is 1. The Bertz CT molecular complexity index is 1540. The number of imidazole rings is 1. The van der Waals surface area contributed by atoms with Gasteiger partial charge in [-0.15, -0.1) is 11.3 Å². The van der Waals surface area contributed by atoms with Gasteiger partial charge < -0.3 is 19.3 Å². The van der Waals surface area contributed by atoms with Crippen molar-refractivity contribution >= 4 is 43.0 Å². The third kappa shape index (κ3) is 6.11. The van der Waals surface area contributed by atoms with Crippen LogP contribution in [0.1, 0.15) is 24.2 Å². The molecule has 15 heteroatoms. The molecule has 0 unspecified atom stereocenters. The predicted molar refractivity (Wildman–Crippen MR) is 146 cm³/mol. The first kappa shape index (κ1) is 29.0. The molecule has 3 aromatic rings. The SMILES string of the molecule is C[C@H](CO)N1C[C@H](C)[C@@H](CN(C)S(=O)(=O)c2cn(C)cn2)Oc2ccc(NS(=O)(=O)c3cccs3)cc2C1=O. The molecule has 1 amide bonds. The molecule has 1 aliphatic rings. The number of anilines is 1. The van der Waals surface area contributed by atoms with Crippen molar-refractivity contribution < 1.29 is 31.5 Å². The van der Waals surface area contributed by atoms with Crippen LogP contribution in [-0.2, 0) is 27.1 Å². The molecule has 0 saturated heterocycles. The number of rotatable bonds is 9. The zero-order chi connectivity index (χ0) is 28.5. The summed E-state index contributed by atoms with van der Waals surface area (Å²) in [5.74, 6) is -0.590. The first-order valence-corrected chi connectivity index (χ1v) is 15.9. The standard InChI is InChI=1S/C24H31N5O7S3/c1-16-11-29(17(2)14-30)24(31)19-10-18(26-38(32,33)23-6-5-9-37-23)7-8-20(19)36-21(16)12-28(4)39(34,35)22-13-27(3)15-25-22/h5-10,13,15-17,21,26,30H,11-12,14H2,1-4H3/t16-,17+,21+/m0/s1. The van der Waals surface area contributed by atoms with Crippen LogP contribution in [0.4, 0.5) is 5.69 Å². The average Bonchev–Trinajstić information content (AvgIpc) is 3.59. The number of sulfonamides is 2. The van der Waals surface area contributed by atoms with Gasteiger partial charge in [-0.25, -0.2) is 21.8 Å². The summed E-state index contributed by atoms with van der Waals surface area (Å²) in [4.78, 5) is 19.1. The molecule has 212 valence electrons. The molecular weight excluding hydrogens is 566 g/mol. The molecule has 2 N–H and O–H groups in total. The van der Waals surface area contributed by atoms with Gasteiger partial charge in [-0.05, 0) is 36.6 Å². The molecule has 2 aromatic heterocycles. The Labute approximate surface area is 231 Å². The van der Waals surface area contributed by atoms with E-state index < -0.39 is 38.1 Å². The van der Waals surface area contributed by atoms with E-state index in [2.05, 4.69) is 9.71 Å². The van der Waals surface area contributed by atoms with Crippen LogP contribution in [0, 0.1) is 5.92 Å². The number of hydrogen-bond acceptors (Lipinski definition) is 9. The van der Waals surface area contributed by atoms with E-state index in [1.807, 2.05) is 6.92 Å². The van der Waals surface area contributed by atoms with Crippen LogP contribution in [0.3, 0.4) is 0 Å². The Balaban J connectivity index is 1.68. The minimum absolute atomic E-state index is 0.0399. The summed E-state index contributed by atoms with van der Waals surface area (Å²) in [5.41, 5.74) is 0.254. The number of aliphatic hydroxyl groups excluding tert-OH is 1. The van der Waals surface area contributed by atoms with Gasteiger partial charge in [0.25, 0.3) is 26.0 Å². The Morgan fingerprint density at radius 3 is 2.64 bits per heavy atom. The number of fused-ring (bicyclic) bond motifs is 1. The summed E-state index contributed by atoms with van der Waals surface area (Å²) in [6, 6.07) is 6.90. The maximum Gasteiger partial charge on any atom is 0.271 e. The largest absolute Gasteiger partial charge is 0.488 e. The van der Waals surface area contributed by atoms with E-state index in [1.165, 1.54) is 53.3 Å². The molecule has 0 saturated carbocycles. The number of benzene rings is 1. The fourth-order valence-corrected chi connectivity index (χ4v) is 7.34. The van der Waals surface area contributed by atoms with E-state index in [0.29, 0.717) is 0 Å². The highest BCUT2D eigenvalue weighted by Gasteiger charge is 2.36. The van der Waals surface area contributed by atoms with Gasteiger partial charge >= 0.3 is 0 Å². The summed E-state index contributed by atoms with van der Waals surface area (Å²) in [6.07, 6.45) is 2.13. The second-order valence-corrected chi connectivity index (χ2v) is 14.4. The molecule has 0 bridgehead atoms. The summed E-state index contributed by atoms with van der Waals surface area (Å²) in [5, 5.41) is 11.4. The molecular formula is C24H31N5O7S3. The molecule has 4 rings (SSSR count). The Morgan fingerprint density at radius 2 is 2.03 bits per heavy atom. The van der Waals surface area contributed by atoms with Gasteiger partial charge in [-0.1, -0.05) is 13.0 Å². The molecule has 1 aliphatic heterocycles. The third-order valence-corrected chi connectivity index (χ3v) is 11.0. The van der Waals surface area contributed by atoms with Gasteiger partial charge in [0.2, 0.25) is 0 Å². The van der Waals surface area contributed by atoms with Crippen molar-refractivity contribution in [3.63, 3.8) is 0 Å². The summed E-state index contributed by atoms with van der Waals surface area (Å²) < 4.78 is 63.2. The lowest BCUT2D eigenvalue weighted by Gasteiger charge is -2.38. The van der Waals surface area contributed by atoms with E-state index in [0.717, 1.165) is 15.6 Å². The lowest BCUT2D eigenvalue weighted by atomic mass is 9.99. The number of nitrogens with one attached hydrogen (secondary N) is 1. The van der Waals surface area contributed by atoms with Gasteiger partial charge in [0.15, 0.2) is 5.03 Å². The first-order valence-electron chi connectivity index (χ1n) is 12.1. The van der Waals surface area contributed by atoms with E-state index in [9.17, 15) is 26.7 Å². The summed E-state index contributed by atoms with van der Waals surface area (Å²) in [7, 11) is -4.66. The number of carbonyl (C=O) groups excluding carboxylic acids is 1. The number of ether oxygens (including phenoxy) is 1. The number of carbonyl (C=O) groups is 1. The summed E-state index contributed by atoms with van der Waals surface area (Å²) in [6.45, 7) is 3.38. The first-order chi connectivity index (χ1) is 18.3. The molecule has 3 atom stereocenters. The maximum atomic E-state index is 13.6. The van der Waals surface area contributed by atoms with E-state index >= 15 is 0 Å². The van der Waals surface area contributed by atoms with Gasteiger partial charge in [0, 0.05) is 38.4 Å². The molecule has 0 spiro atoms. The minimum Gasteiger partial charge on any atom is -0.488 e. The van der Waals surface area contributed by atoms with Crippen LogP contribution < -0.4 is 9.46 Å². The van der Waals surface area contributed by atoms with Crippen molar-refractivity contribution in [1.29, 1.82) is 0 Å². The van der Waals surface area contributed by atoms with E-state index in [-0.39, 0.29) is 51.8 Å². The highest BCUT2D eigenvalue weighted by molar-refractivity contribution is 7.94. The number of thiophene rings is 1. The number of nitrogens with zero attached hydrogens (tertiary/aromatic N) is 4. The third-order valence-electron chi connectivity index (χ3n) is 6.47. The highest BCUT2D eigenvalue weighted by Crippen LogP contribution is 2.32. The number of aliphatic hydroxyl groups is 1. The van der Waals surface area contributed by atoms with Crippen molar-refractivity contribution in [3.05, 3.63) is 53.8 Å². The molecule has 0 fully saturated rings. The van der Waals surface area contributed by atoms with Crippen LogP contribution in [0.25, 0.3) is 0 Å². The topological polar surface area (TPSA) is 151 Å². The second kappa shape index (κ2) is 11.3. The Morgan fingerprint density at radius 1 is 1.28 bits per heavy atom. The monoisotopic (exact) mass is 597 g/mol. The van der Waals surface area contributed by atoms with Gasteiger partial charge in [-0.3, -0.25) is 9.52 Å². The number of aromatic nitrogens is 2. The molecule has 0 aliphatic carbocycles. The van der Waals surface area contributed by atoms with Crippen LogP contribution in [0.5, 0.6) is 5.75 Å². The van der Waals surface area contributed by atoms with E-state index in [1.54, 1.807) is 25.4 Å². The lowest BCUT2D eigenvalue weighted by Crippen LogP contribution is -2.50. The van der Waals surface area contributed by atoms with E-state index in [4.69, 9.17) is 4.74 Å². The minimum atomic E-state index is -3.91. The molecule has 1 aromatic carbocycles. The van der Waals surface area contributed by atoms with Gasteiger partial charge in [0.05, 0.1) is 31.1 Å². The zero-order valence-corrected chi connectivity index (χ0v) is 24.3. The van der Waals surface area contributed by atoms with Crippen LogP contribution in [-0.4, -0.2) is 85.5 Å². The second-order valence-electron chi connectivity index (χ2n) is 9.53. The quantitative estimate of drug-likeness (QED) is 0.379. The fraction of sp³-hybridized carbons (Fsp3) is 0.417. The fourth-order valence-electron chi connectivity index (χ4n) is 4.16. The summed E-state index contributed by atoms with van der Waals surface area (Å²) >= 11 is 1.06. The van der Waals surface area contributed by atoms with Crippen molar-refractivity contribution in [2.45, 2.75) is 35.2 Å². The number of aryl methyl sites for hydroxylation is 1. The van der Waals surface area contributed by atoms with Gasteiger partial charge in [0.1, 0.15) is 16.1 Å². The Hall–Kier alpha value is -2.98. The van der Waals surface area contributed by atoms with Crippen LogP contribution in [0.2, 0.25) is 0 Å². The lowest BCUT2D eigenvalue weighted by molar-refractivity contribution is 0.0387. The zero-order valence-electron chi connectivity index (χ0n) is 21.9. The normalized spacial score (nSPS) is 19.2. The van der Waals surface area contributed by atoms with Crippen LogP contribution >= 0.6 is 11.3 Å². The van der Waals surface area contributed by atoms with Crippen molar-refractivity contribution in [1.82, 2.24) is 18.8 Å². The smallest absolute Gasteiger partial charge is 0.271 e. The maximum absolute atomic E-state index is 13.6. The molecule has 39 heavy (non-hydrogen) atoms. The van der Waals surface area contributed by atoms with Crippen molar-refractivity contribution in [2.75, 3.05) is 31.5 Å². The average molecular weight is 598 g/mol. The van der Waals surface area contributed by atoms with Crippen molar-refractivity contribution in [2.24, 2.45) is 13.0 Å². The molecule has 3 heterocycles. The van der Waals surface area contributed by atoms with Crippen molar-refractivity contribution in [3.8, 4) is 5.75 Å². The van der Waals surface area contributed by atoms with Gasteiger partial charge in [-0.2, -0.15) is 4.31 Å². The number of amides is 1. The molecule has 0 radical (unpaired) electrons. The highest BCUT2D eigenvalue weighted by atomic mass is 32.2. The Kier molecular flexibility index (Phi) is 8.37. The molecule has 12 nitrogen and oxygen atoms in total. The number of hydrogen-bond donors (Lipinski definition) is 2.